The summed E-state index contributed by atoms with van der Waals surface area (Å²) in [5.41, 5.74) is 1.39. The first-order valence-corrected chi connectivity index (χ1v) is 8.17. The standard InChI is InChI=1S/C18H28N2O2.ClH/c1-18(2,3)15-6-8-16(9-7-15)22-14-17(21)19-10-13-20-11-4-5-12-20;/h6-9H,4-5,10-14H2,1-3H3,(H,19,21);1H/p-1. The van der Waals surface area contributed by atoms with Crippen LogP contribution < -0.4 is 22.5 Å². The van der Waals surface area contributed by atoms with E-state index in [0.29, 0.717) is 6.54 Å². The summed E-state index contributed by atoms with van der Waals surface area (Å²) in [7, 11) is 0. The number of halogens is 1. The van der Waals surface area contributed by atoms with Gasteiger partial charge < -0.3 is 27.4 Å². The van der Waals surface area contributed by atoms with Gasteiger partial charge in [-0.3, -0.25) is 4.79 Å². The van der Waals surface area contributed by atoms with Crippen LogP contribution in [0.3, 0.4) is 0 Å². The van der Waals surface area contributed by atoms with Gasteiger partial charge >= 0.3 is 0 Å². The lowest BCUT2D eigenvalue weighted by molar-refractivity contribution is -0.123. The predicted molar refractivity (Wildman–Crippen MR) is 89.3 cm³/mol. The Bertz CT molecular complexity index is 477. The number of ether oxygens (including phenoxy) is 1. The number of carbonyl (C=O) groups is 1. The lowest BCUT2D eigenvalue weighted by Crippen LogP contribution is -3.00. The predicted octanol–water partition coefficient (Wildman–Crippen LogP) is -0.421. The van der Waals surface area contributed by atoms with Crippen molar-refractivity contribution in [2.75, 3.05) is 32.8 Å². The third-order valence-electron chi connectivity index (χ3n) is 4.04. The summed E-state index contributed by atoms with van der Waals surface area (Å²) in [6, 6.07) is 7.97. The van der Waals surface area contributed by atoms with Gasteiger partial charge in [0.05, 0.1) is 0 Å². The summed E-state index contributed by atoms with van der Waals surface area (Å²) < 4.78 is 5.53. The molecule has 5 heteroatoms. The Kier molecular flexibility index (Phi) is 7.86. The molecule has 1 aliphatic rings. The van der Waals surface area contributed by atoms with Crippen LogP contribution in [0, 0.1) is 0 Å². The Morgan fingerprint density at radius 1 is 1.17 bits per heavy atom. The van der Waals surface area contributed by atoms with Crippen LogP contribution in [0.2, 0.25) is 0 Å². The monoisotopic (exact) mass is 339 g/mol. The van der Waals surface area contributed by atoms with E-state index in [1.165, 1.54) is 18.4 Å². The summed E-state index contributed by atoms with van der Waals surface area (Å²) in [5, 5.41) is 2.91. The molecule has 4 nitrogen and oxygen atoms in total. The largest absolute Gasteiger partial charge is 1.00 e. The fraction of sp³-hybridized carbons (Fsp3) is 0.611. The average molecular weight is 340 g/mol. The van der Waals surface area contributed by atoms with Gasteiger partial charge in [0, 0.05) is 13.1 Å². The van der Waals surface area contributed by atoms with Crippen LogP contribution >= 0.6 is 0 Å². The number of nitrogens with zero attached hydrogens (tertiary/aromatic N) is 1. The quantitative estimate of drug-likeness (QED) is 0.765. The van der Waals surface area contributed by atoms with E-state index in [2.05, 4.69) is 43.1 Å². The van der Waals surface area contributed by atoms with E-state index in [9.17, 15) is 4.79 Å². The molecule has 0 unspecified atom stereocenters. The molecule has 0 bridgehead atoms. The molecule has 23 heavy (non-hydrogen) atoms. The average Bonchev–Trinajstić information content (AvgIpc) is 2.98. The van der Waals surface area contributed by atoms with E-state index in [-0.39, 0.29) is 30.3 Å². The topological polar surface area (TPSA) is 41.6 Å². The molecule has 0 saturated carbocycles. The van der Waals surface area contributed by atoms with Gasteiger partial charge in [-0.05, 0) is 49.0 Å². The van der Waals surface area contributed by atoms with Gasteiger partial charge in [0.2, 0.25) is 0 Å². The maximum Gasteiger partial charge on any atom is 0.257 e. The number of hydrogen-bond acceptors (Lipinski definition) is 3. The molecule has 1 amide bonds. The number of hydrogen-bond donors (Lipinski definition) is 1. The summed E-state index contributed by atoms with van der Waals surface area (Å²) in [6.07, 6.45) is 2.56. The molecule has 0 radical (unpaired) electrons. The maximum absolute atomic E-state index is 11.8. The van der Waals surface area contributed by atoms with Crippen molar-refractivity contribution in [1.29, 1.82) is 0 Å². The maximum atomic E-state index is 11.8. The fourth-order valence-electron chi connectivity index (χ4n) is 2.61. The molecule has 0 aliphatic carbocycles. The highest BCUT2D eigenvalue weighted by atomic mass is 35.5. The first kappa shape index (κ1) is 19.8. The Labute approximate surface area is 146 Å². The van der Waals surface area contributed by atoms with Crippen molar-refractivity contribution in [3.8, 4) is 5.75 Å². The van der Waals surface area contributed by atoms with Gasteiger partial charge in [0.1, 0.15) is 5.75 Å². The molecule has 1 aliphatic heterocycles. The zero-order chi connectivity index (χ0) is 16.0. The molecule has 1 aromatic rings. The van der Waals surface area contributed by atoms with Gasteiger partial charge in [-0.15, -0.1) is 0 Å². The zero-order valence-corrected chi connectivity index (χ0v) is 15.2. The van der Waals surface area contributed by atoms with Crippen molar-refractivity contribution in [3.05, 3.63) is 29.8 Å². The fourth-order valence-corrected chi connectivity index (χ4v) is 2.61. The van der Waals surface area contributed by atoms with E-state index >= 15 is 0 Å². The molecular formula is C18H28ClN2O2-. The number of rotatable bonds is 6. The van der Waals surface area contributed by atoms with Crippen LogP contribution in [-0.2, 0) is 10.2 Å². The molecule has 1 aromatic carbocycles. The number of benzene rings is 1. The minimum Gasteiger partial charge on any atom is -1.00 e. The van der Waals surface area contributed by atoms with Crippen LogP contribution in [0.4, 0.5) is 0 Å². The van der Waals surface area contributed by atoms with Gasteiger partial charge in [-0.1, -0.05) is 32.9 Å². The van der Waals surface area contributed by atoms with Crippen LogP contribution in [0.15, 0.2) is 24.3 Å². The van der Waals surface area contributed by atoms with E-state index in [0.717, 1.165) is 25.4 Å². The van der Waals surface area contributed by atoms with Gasteiger partial charge in [-0.2, -0.15) is 0 Å². The third kappa shape index (κ3) is 6.80. The zero-order valence-electron chi connectivity index (χ0n) is 14.4. The van der Waals surface area contributed by atoms with Crippen molar-refractivity contribution in [2.45, 2.75) is 39.0 Å². The summed E-state index contributed by atoms with van der Waals surface area (Å²) in [5.74, 6) is 0.682. The number of nitrogens with one attached hydrogen (secondary N) is 1. The second kappa shape index (κ2) is 9.14. The number of amides is 1. The summed E-state index contributed by atoms with van der Waals surface area (Å²) >= 11 is 0. The molecule has 1 fully saturated rings. The molecule has 0 aromatic heterocycles. The van der Waals surface area contributed by atoms with Crippen LogP contribution in [-0.4, -0.2) is 43.6 Å². The highest BCUT2D eigenvalue weighted by molar-refractivity contribution is 5.77. The molecule has 1 heterocycles. The lowest BCUT2D eigenvalue weighted by Gasteiger charge is -2.19. The van der Waals surface area contributed by atoms with Crippen molar-refractivity contribution in [1.82, 2.24) is 10.2 Å². The van der Waals surface area contributed by atoms with Gasteiger partial charge in [-0.25, -0.2) is 0 Å². The van der Waals surface area contributed by atoms with Crippen molar-refractivity contribution in [2.24, 2.45) is 0 Å². The van der Waals surface area contributed by atoms with E-state index in [4.69, 9.17) is 4.74 Å². The lowest BCUT2D eigenvalue weighted by atomic mass is 9.87. The number of carbonyl (C=O) groups excluding carboxylic acids is 1. The van der Waals surface area contributed by atoms with Crippen molar-refractivity contribution >= 4 is 5.91 Å². The second-order valence-corrected chi connectivity index (χ2v) is 6.96. The Hall–Kier alpha value is -1.26. The molecular weight excluding hydrogens is 312 g/mol. The molecule has 0 atom stereocenters. The SMILES string of the molecule is CC(C)(C)c1ccc(OCC(=O)NCCN2CCCC2)cc1.[Cl-]. The van der Waals surface area contributed by atoms with Crippen LogP contribution in [0.25, 0.3) is 0 Å². The Morgan fingerprint density at radius 2 is 1.78 bits per heavy atom. The number of likely N-dealkylation sites (tertiary alicyclic amines) is 1. The Balaban J connectivity index is 0.00000264. The van der Waals surface area contributed by atoms with Gasteiger partial charge in [0.25, 0.3) is 5.91 Å². The second-order valence-electron chi connectivity index (χ2n) is 6.96. The highest BCUT2D eigenvalue weighted by Gasteiger charge is 2.13. The first-order valence-electron chi connectivity index (χ1n) is 8.17. The molecule has 1 N–H and O–H groups in total. The van der Waals surface area contributed by atoms with Crippen molar-refractivity contribution in [3.63, 3.8) is 0 Å². The molecule has 1 saturated heterocycles. The van der Waals surface area contributed by atoms with Crippen LogP contribution in [0.5, 0.6) is 5.75 Å². The smallest absolute Gasteiger partial charge is 0.257 e. The van der Waals surface area contributed by atoms with E-state index in [1.807, 2.05) is 12.1 Å². The Morgan fingerprint density at radius 3 is 2.35 bits per heavy atom. The summed E-state index contributed by atoms with van der Waals surface area (Å²) in [6.45, 7) is 10.6. The minimum atomic E-state index is -0.0564. The first-order chi connectivity index (χ1) is 10.4. The highest BCUT2D eigenvalue weighted by Crippen LogP contribution is 2.24. The molecule has 130 valence electrons. The minimum absolute atomic E-state index is 0. The van der Waals surface area contributed by atoms with E-state index < -0.39 is 0 Å². The third-order valence-corrected chi connectivity index (χ3v) is 4.04. The van der Waals surface area contributed by atoms with Crippen molar-refractivity contribution < 1.29 is 21.9 Å². The molecule has 0 spiro atoms. The normalized spacial score (nSPS) is 15.1. The van der Waals surface area contributed by atoms with Crippen LogP contribution in [0.1, 0.15) is 39.2 Å². The molecule has 2 rings (SSSR count). The summed E-state index contributed by atoms with van der Waals surface area (Å²) in [4.78, 5) is 14.1. The van der Waals surface area contributed by atoms with E-state index in [1.54, 1.807) is 0 Å². The van der Waals surface area contributed by atoms with Gasteiger partial charge in [0.15, 0.2) is 6.61 Å².